The number of aryl methyl sites for hydroxylation is 1. The lowest BCUT2D eigenvalue weighted by atomic mass is 9.97. The molecule has 5 nitrogen and oxygen atoms in total. The number of ether oxygens (including phenoxy) is 1. The number of nitrogens with zero attached hydrogens (tertiary/aromatic N) is 3. The van der Waals surface area contributed by atoms with E-state index in [2.05, 4.69) is 22.7 Å². The van der Waals surface area contributed by atoms with Crippen molar-refractivity contribution in [2.24, 2.45) is 0 Å². The van der Waals surface area contributed by atoms with Gasteiger partial charge >= 0.3 is 0 Å². The molecule has 1 aromatic heterocycles. The van der Waals surface area contributed by atoms with Crippen molar-refractivity contribution < 1.29 is 9.53 Å². The molecule has 2 aromatic rings. The van der Waals surface area contributed by atoms with Gasteiger partial charge in [0.05, 0.1) is 6.61 Å². The molecule has 0 aliphatic carbocycles. The number of amides is 1. The molecule has 26 heavy (non-hydrogen) atoms. The van der Waals surface area contributed by atoms with Crippen molar-refractivity contribution in [2.45, 2.75) is 51.7 Å². The van der Waals surface area contributed by atoms with Crippen LogP contribution in [0.2, 0.25) is 0 Å². The van der Waals surface area contributed by atoms with Crippen LogP contribution in [0, 0.1) is 0 Å². The van der Waals surface area contributed by atoms with Crippen molar-refractivity contribution in [1.82, 2.24) is 14.5 Å². The van der Waals surface area contributed by atoms with Gasteiger partial charge in [-0.25, -0.2) is 4.98 Å². The molecule has 140 valence electrons. The molecule has 1 aliphatic rings. The first-order valence-electron chi connectivity index (χ1n) is 9.68. The number of piperidine rings is 1. The molecule has 0 saturated carbocycles. The van der Waals surface area contributed by atoms with Gasteiger partial charge in [0.2, 0.25) is 5.91 Å². The van der Waals surface area contributed by atoms with E-state index >= 15 is 0 Å². The lowest BCUT2D eigenvalue weighted by molar-refractivity contribution is -0.137. The maximum atomic E-state index is 12.5. The molecule has 1 saturated heterocycles. The molecule has 1 fully saturated rings. The SMILES string of the molecule is CCCCn1ccnc1[C@H]1CCCN(C(=O)COCc2ccccc2)C1. The number of rotatable bonds is 8. The summed E-state index contributed by atoms with van der Waals surface area (Å²) in [5.41, 5.74) is 1.09. The Bertz CT molecular complexity index is 684. The van der Waals surface area contributed by atoms with E-state index in [-0.39, 0.29) is 12.5 Å². The fourth-order valence-corrected chi connectivity index (χ4v) is 3.53. The highest BCUT2D eigenvalue weighted by Gasteiger charge is 2.27. The highest BCUT2D eigenvalue weighted by molar-refractivity contribution is 5.77. The minimum absolute atomic E-state index is 0.0808. The highest BCUT2D eigenvalue weighted by atomic mass is 16.5. The Balaban J connectivity index is 1.51. The molecule has 5 heteroatoms. The fraction of sp³-hybridized carbons (Fsp3) is 0.524. The zero-order valence-electron chi connectivity index (χ0n) is 15.6. The van der Waals surface area contributed by atoms with E-state index in [4.69, 9.17) is 4.74 Å². The van der Waals surface area contributed by atoms with Crippen molar-refractivity contribution in [2.75, 3.05) is 19.7 Å². The Morgan fingerprint density at radius 2 is 2.15 bits per heavy atom. The Morgan fingerprint density at radius 3 is 2.96 bits per heavy atom. The van der Waals surface area contributed by atoms with Gasteiger partial charge in [0.15, 0.2) is 0 Å². The quantitative estimate of drug-likeness (QED) is 0.727. The standard InChI is InChI=1S/C21H29N3O2/c1-2-3-12-23-14-11-22-21(23)19-10-7-13-24(15-19)20(25)17-26-16-18-8-5-4-6-9-18/h4-6,8-9,11,14,19H,2-3,7,10,12-13,15-17H2,1H3/t19-/m0/s1. The van der Waals surface area contributed by atoms with Gasteiger partial charge in [0.1, 0.15) is 12.4 Å². The molecular formula is C21H29N3O2. The molecule has 1 aromatic carbocycles. The molecule has 0 unspecified atom stereocenters. The second kappa shape index (κ2) is 9.53. The fourth-order valence-electron chi connectivity index (χ4n) is 3.53. The minimum Gasteiger partial charge on any atom is -0.367 e. The van der Waals surface area contributed by atoms with Crippen molar-refractivity contribution in [3.05, 3.63) is 54.1 Å². The molecule has 1 aliphatic heterocycles. The third kappa shape index (κ3) is 4.94. The first kappa shape index (κ1) is 18.6. The van der Waals surface area contributed by atoms with Crippen LogP contribution in [0.1, 0.15) is 49.9 Å². The van der Waals surface area contributed by atoms with E-state index in [0.29, 0.717) is 12.5 Å². The van der Waals surface area contributed by atoms with Crippen LogP contribution < -0.4 is 0 Å². The first-order valence-corrected chi connectivity index (χ1v) is 9.68. The molecular weight excluding hydrogens is 326 g/mol. The minimum atomic E-state index is 0.0808. The van der Waals surface area contributed by atoms with Gasteiger partial charge in [0, 0.05) is 37.9 Å². The summed E-state index contributed by atoms with van der Waals surface area (Å²) < 4.78 is 7.88. The zero-order valence-corrected chi connectivity index (χ0v) is 15.6. The number of unbranched alkanes of at least 4 members (excludes halogenated alkanes) is 1. The largest absolute Gasteiger partial charge is 0.367 e. The van der Waals surface area contributed by atoms with Crippen molar-refractivity contribution >= 4 is 5.91 Å². The summed E-state index contributed by atoms with van der Waals surface area (Å²) in [6.07, 6.45) is 8.40. The van der Waals surface area contributed by atoms with E-state index in [1.807, 2.05) is 41.4 Å². The average Bonchev–Trinajstić information content (AvgIpc) is 3.16. The van der Waals surface area contributed by atoms with Crippen LogP contribution in [0.5, 0.6) is 0 Å². The summed E-state index contributed by atoms with van der Waals surface area (Å²) in [4.78, 5) is 19.1. The van der Waals surface area contributed by atoms with Crippen molar-refractivity contribution in [3.63, 3.8) is 0 Å². The molecule has 1 amide bonds. The smallest absolute Gasteiger partial charge is 0.248 e. The average molecular weight is 355 g/mol. The number of hydrogen-bond acceptors (Lipinski definition) is 3. The zero-order chi connectivity index (χ0) is 18.2. The van der Waals surface area contributed by atoms with E-state index in [1.54, 1.807) is 0 Å². The van der Waals surface area contributed by atoms with E-state index in [0.717, 1.165) is 50.3 Å². The molecule has 0 N–H and O–H groups in total. The van der Waals surface area contributed by atoms with Gasteiger partial charge in [-0.1, -0.05) is 43.7 Å². The van der Waals surface area contributed by atoms with Gasteiger partial charge < -0.3 is 14.2 Å². The lowest BCUT2D eigenvalue weighted by Crippen LogP contribution is -2.41. The van der Waals surface area contributed by atoms with Crippen LogP contribution in [0.25, 0.3) is 0 Å². The van der Waals surface area contributed by atoms with Crippen LogP contribution in [0.3, 0.4) is 0 Å². The van der Waals surface area contributed by atoms with Crippen molar-refractivity contribution in [1.29, 1.82) is 0 Å². The van der Waals surface area contributed by atoms with Crippen molar-refractivity contribution in [3.8, 4) is 0 Å². The Labute approximate surface area is 156 Å². The molecule has 3 rings (SSSR count). The van der Waals surface area contributed by atoms with Crippen LogP contribution in [-0.2, 0) is 22.7 Å². The second-order valence-corrected chi connectivity index (χ2v) is 6.99. The van der Waals surface area contributed by atoms with Crippen LogP contribution >= 0.6 is 0 Å². The molecule has 1 atom stereocenters. The number of aromatic nitrogens is 2. The maximum absolute atomic E-state index is 12.5. The van der Waals surface area contributed by atoms with Gasteiger partial charge in [-0.2, -0.15) is 0 Å². The first-order chi connectivity index (χ1) is 12.8. The van der Waals surface area contributed by atoms with E-state index < -0.39 is 0 Å². The van der Waals surface area contributed by atoms with Crippen LogP contribution in [-0.4, -0.2) is 40.1 Å². The molecule has 2 heterocycles. The number of carbonyl (C=O) groups excluding carboxylic acids is 1. The number of imidazole rings is 1. The highest BCUT2D eigenvalue weighted by Crippen LogP contribution is 2.26. The third-order valence-electron chi connectivity index (χ3n) is 4.98. The maximum Gasteiger partial charge on any atom is 0.248 e. The summed E-state index contributed by atoms with van der Waals surface area (Å²) in [6.45, 7) is 5.40. The molecule has 0 bridgehead atoms. The number of benzene rings is 1. The second-order valence-electron chi connectivity index (χ2n) is 6.99. The van der Waals surface area contributed by atoms with Gasteiger partial charge in [-0.05, 0) is 24.8 Å². The Hall–Kier alpha value is -2.14. The Morgan fingerprint density at radius 1 is 1.31 bits per heavy atom. The summed E-state index contributed by atoms with van der Waals surface area (Å²) in [5, 5.41) is 0. The summed E-state index contributed by atoms with van der Waals surface area (Å²) in [5.74, 6) is 1.53. The number of carbonyl (C=O) groups is 1. The predicted molar refractivity (Wildman–Crippen MR) is 102 cm³/mol. The van der Waals surface area contributed by atoms with Crippen LogP contribution in [0.15, 0.2) is 42.7 Å². The molecule has 0 spiro atoms. The summed E-state index contributed by atoms with van der Waals surface area (Å²) >= 11 is 0. The number of likely N-dealkylation sites (tertiary alicyclic amines) is 1. The van der Waals surface area contributed by atoms with Gasteiger partial charge in [-0.15, -0.1) is 0 Å². The number of hydrogen-bond donors (Lipinski definition) is 0. The topological polar surface area (TPSA) is 47.4 Å². The monoisotopic (exact) mass is 355 g/mol. The molecule has 0 radical (unpaired) electrons. The van der Waals surface area contributed by atoms with Crippen LogP contribution in [0.4, 0.5) is 0 Å². The summed E-state index contributed by atoms with van der Waals surface area (Å²) in [7, 11) is 0. The van der Waals surface area contributed by atoms with E-state index in [9.17, 15) is 4.79 Å². The van der Waals surface area contributed by atoms with E-state index in [1.165, 1.54) is 6.42 Å². The summed E-state index contributed by atoms with van der Waals surface area (Å²) in [6, 6.07) is 9.97. The van der Waals surface area contributed by atoms with Gasteiger partial charge in [-0.3, -0.25) is 4.79 Å². The predicted octanol–water partition coefficient (Wildman–Crippen LogP) is 3.61. The van der Waals surface area contributed by atoms with Gasteiger partial charge in [0.25, 0.3) is 0 Å². The normalized spacial score (nSPS) is 17.4. The third-order valence-corrected chi connectivity index (χ3v) is 4.98. The lowest BCUT2D eigenvalue weighted by Gasteiger charge is -2.32. The Kier molecular flexibility index (Phi) is 6.83.